The maximum Gasteiger partial charge on any atom is 0.305 e. The first-order valence-electron chi connectivity index (χ1n) is 7.79. The van der Waals surface area contributed by atoms with Gasteiger partial charge in [0.15, 0.2) is 6.61 Å². The number of amides is 1. The minimum Gasteiger partial charge on any atom is -0.484 e. The number of hydrogen-bond donors (Lipinski definition) is 1. The largest absolute Gasteiger partial charge is 0.484 e. The van der Waals surface area contributed by atoms with Gasteiger partial charge >= 0.3 is 5.97 Å². The minimum absolute atomic E-state index is 0.0995. The Hall–Kier alpha value is -2.08. The minimum atomic E-state index is -0.941. The normalized spacial score (nSPS) is 18.0. The Morgan fingerprint density at radius 2 is 2.22 bits per heavy atom. The van der Waals surface area contributed by atoms with Crippen LogP contribution in [0.2, 0.25) is 0 Å². The molecule has 23 heavy (non-hydrogen) atoms. The third-order valence-corrected chi connectivity index (χ3v) is 3.85. The molecule has 0 saturated carbocycles. The molecule has 1 saturated heterocycles. The molecule has 2 rings (SSSR count). The third-order valence-electron chi connectivity index (χ3n) is 3.85. The van der Waals surface area contributed by atoms with Gasteiger partial charge in [-0.2, -0.15) is 0 Å². The van der Waals surface area contributed by atoms with Crippen LogP contribution in [0.15, 0.2) is 24.3 Å². The number of hydrogen-bond acceptors (Lipinski definition) is 4. The van der Waals surface area contributed by atoms with Crippen molar-refractivity contribution in [3.05, 3.63) is 29.8 Å². The van der Waals surface area contributed by atoms with Crippen molar-refractivity contribution in [2.45, 2.75) is 32.2 Å². The van der Waals surface area contributed by atoms with Crippen LogP contribution in [0.1, 0.15) is 31.7 Å². The SMILES string of the molecule is CC(C)c1cccc(OCC(=O)N2CCOCC2CC(=O)O)c1. The lowest BCUT2D eigenvalue weighted by molar-refractivity contribution is -0.147. The van der Waals surface area contributed by atoms with Gasteiger partial charge in [0.1, 0.15) is 5.75 Å². The van der Waals surface area contributed by atoms with Crippen molar-refractivity contribution in [1.82, 2.24) is 4.90 Å². The fourth-order valence-electron chi connectivity index (χ4n) is 2.55. The predicted octanol–water partition coefficient (Wildman–Crippen LogP) is 1.89. The number of nitrogens with zero attached hydrogens (tertiary/aromatic N) is 1. The Morgan fingerprint density at radius 1 is 1.43 bits per heavy atom. The number of carbonyl (C=O) groups is 2. The van der Waals surface area contributed by atoms with Crippen molar-refractivity contribution in [2.75, 3.05) is 26.4 Å². The molecule has 1 aliphatic heterocycles. The average Bonchev–Trinajstić information content (AvgIpc) is 2.53. The summed E-state index contributed by atoms with van der Waals surface area (Å²) in [7, 11) is 0. The summed E-state index contributed by atoms with van der Waals surface area (Å²) in [6.07, 6.45) is -0.116. The lowest BCUT2D eigenvalue weighted by Crippen LogP contribution is -2.51. The fraction of sp³-hybridized carbons (Fsp3) is 0.529. The molecule has 1 amide bonds. The van der Waals surface area contributed by atoms with Gasteiger partial charge in [0.25, 0.3) is 5.91 Å². The van der Waals surface area contributed by atoms with Gasteiger partial charge in [0.05, 0.1) is 25.7 Å². The molecule has 0 spiro atoms. The molecular formula is C17H23NO5. The molecule has 1 aromatic carbocycles. The number of carboxylic acids is 1. The Labute approximate surface area is 136 Å². The molecular weight excluding hydrogens is 298 g/mol. The standard InChI is InChI=1S/C17H23NO5/c1-12(2)13-4-3-5-15(8-13)23-11-16(19)18-6-7-22-10-14(18)9-17(20)21/h3-5,8,12,14H,6-7,9-11H2,1-2H3,(H,20,21). The van der Waals surface area contributed by atoms with E-state index in [0.29, 0.717) is 24.8 Å². The van der Waals surface area contributed by atoms with Crippen LogP contribution in [0.4, 0.5) is 0 Å². The van der Waals surface area contributed by atoms with E-state index >= 15 is 0 Å². The first-order chi connectivity index (χ1) is 11.0. The molecule has 6 heteroatoms. The summed E-state index contributed by atoms with van der Waals surface area (Å²) in [5.41, 5.74) is 1.14. The van der Waals surface area contributed by atoms with Crippen molar-refractivity contribution in [3.8, 4) is 5.75 Å². The number of benzene rings is 1. The highest BCUT2D eigenvalue weighted by Crippen LogP contribution is 2.20. The Kier molecular flexibility index (Phi) is 5.98. The molecule has 6 nitrogen and oxygen atoms in total. The van der Waals surface area contributed by atoms with Crippen molar-refractivity contribution >= 4 is 11.9 Å². The summed E-state index contributed by atoms with van der Waals surface area (Å²) in [5.74, 6) is -0.126. The van der Waals surface area contributed by atoms with Crippen LogP contribution in [0.3, 0.4) is 0 Å². The Morgan fingerprint density at radius 3 is 2.91 bits per heavy atom. The van der Waals surface area contributed by atoms with E-state index < -0.39 is 12.0 Å². The monoisotopic (exact) mass is 321 g/mol. The molecule has 0 bridgehead atoms. The maximum absolute atomic E-state index is 12.3. The van der Waals surface area contributed by atoms with Gasteiger partial charge in [0, 0.05) is 6.54 Å². The number of carbonyl (C=O) groups excluding carboxylic acids is 1. The highest BCUT2D eigenvalue weighted by Gasteiger charge is 2.29. The van der Waals surface area contributed by atoms with E-state index in [2.05, 4.69) is 13.8 Å². The number of rotatable bonds is 6. The van der Waals surface area contributed by atoms with Crippen LogP contribution in [0.5, 0.6) is 5.75 Å². The van der Waals surface area contributed by atoms with Crippen molar-refractivity contribution in [2.24, 2.45) is 0 Å². The van der Waals surface area contributed by atoms with E-state index in [1.54, 1.807) is 4.90 Å². The molecule has 1 heterocycles. The van der Waals surface area contributed by atoms with Gasteiger partial charge in [-0.25, -0.2) is 0 Å². The number of carboxylic acid groups (broad SMARTS) is 1. The van der Waals surface area contributed by atoms with E-state index in [1.807, 2.05) is 24.3 Å². The first kappa shape index (κ1) is 17.3. The van der Waals surface area contributed by atoms with Crippen molar-refractivity contribution in [1.29, 1.82) is 0 Å². The van der Waals surface area contributed by atoms with Gasteiger partial charge in [-0.3, -0.25) is 9.59 Å². The van der Waals surface area contributed by atoms with Crippen LogP contribution in [0, 0.1) is 0 Å². The quantitative estimate of drug-likeness (QED) is 0.866. The second-order valence-electron chi connectivity index (χ2n) is 5.93. The van der Waals surface area contributed by atoms with E-state index in [1.165, 1.54) is 0 Å². The number of ether oxygens (including phenoxy) is 2. The fourth-order valence-corrected chi connectivity index (χ4v) is 2.55. The second-order valence-corrected chi connectivity index (χ2v) is 5.93. The van der Waals surface area contributed by atoms with Crippen LogP contribution in [0.25, 0.3) is 0 Å². The van der Waals surface area contributed by atoms with Crippen LogP contribution < -0.4 is 4.74 Å². The van der Waals surface area contributed by atoms with Gasteiger partial charge in [-0.15, -0.1) is 0 Å². The van der Waals surface area contributed by atoms with E-state index in [9.17, 15) is 9.59 Å². The van der Waals surface area contributed by atoms with Crippen LogP contribution in [-0.2, 0) is 14.3 Å². The summed E-state index contributed by atoms with van der Waals surface area (Å²) in [6, 6.07) is 7.22. The number of aliphatic carboxylic acids is 1. The zero-order chi connectivity index (χ0) is 16.8. The summed E-state index contributed by atoms with van der Waals surface area (Å²) >= 11 is 0. The zero-order valence-electron chi connectivity index (χ0n) is 13.5. The predicted molar refractivity (Wildman–Crippen MR) is 84.6 cm³/mol. The summed E-state index contributed by atoms with van der Waals surface area (Å²) < 4.78 is 10.9. The van der Waals surface area contributed by atoms with Gasteiger partial charge < -0.3 is 19.5 Å². The molecule has 1 N–H and O–H groups in total. The summed E-state index contributed by atoms with van der Waals surface area (Å²) in [5, 5.41) is 8.93. The summed E-state index contributed by atoms with van der Waals surface area (Å²) in [6.45, 7) is 5.15. The second kappa shape index (κ2) is 7.97. The molecule has 1 aromatic rings. The van der Waals surface area contributed by atoms with Gasteiger partial charge in [-0.05, 0) is 23.6 Å². The van der Waals surface area contributed by atoms with E-state index in [0.717, 1.165) is 5.56 Å². The third kappa shape index (κ3) is 4.96. The molecule has 0 radical (unpaired) electrons. The lowest BCUT2D eigenvalue weighted by atomic mass is 10.0. The topological polar surface area (TPSA) is 76.1 Å². The molecule has 1 unspecified atom stereocenters. The molecule has 126 valence electrons. The molecule has 0 aliphatic carbocycles. The van der Waals surface area contributed by atoms with Crippen LogP contribution in [-0.4, -0.2) is 54.3 Å². The van der Waals surface area contributed by atoms with E-state index in [-0.39, 0.29) is 25.5 Å². The molecule has 1 aliphatic rings. The Bertz CT molecular complexity index is 558. The first-order valence-corrected chi connectivity index (χ1v) is 7.79. The molecule has 1 atom stereocenters. The maximum atomic E-state index is 12.3. The van der Waals surface area contributed by atoms with Crippen molar-refractivity contribution < 1.29 is 24.2 Å². The smallest absolute Gasteiger partial charge is 0.305 e. The lowest BCUT2D eigenvalue weighted by Gasteiger charge is -2.34. The average molecular weight is 321 g/mol. The van der Waals surface area contributed by atoms with Gasteiger partial charge in [0.2, 0.25) is 0 Å². The number of morpholine rings is 1. The molecule has 1 fully saturated rings. The highest BCUT2D eigenvalue weighted by molar-refractivity contribution is 5.79. The Balaban J connectivity index is 1.95. The van der Waals surface area contributed by atoms with Crippen molar-refractivity contribution in [3.63, 3.8) is 0 Å². The van der Waals surface area contributed by atoms with E-state index in [4.69, 9.17) is 14.6 Å². The summed E-state index contributed by atoms with van der Waals surface area (Å²) in [4.78, 5) is 24.8. The zero-order valence-corrected chi connectivity index (χ0v) is 13.5. The highest BCUT2D eigenvalue weighted by atomic mass is 16.5. The molecule has 0 aromatic heterocycles. The van der Waals surface area contributed by atoms with Gasteiger partial charge in [-0.1, -0.05) is 26.0 Å². The van der Waals surface area contributed by atoms with Crippen LogP contribution >= 0.6 is 0 Å².